The van der Waals surface area contributed by atoms with Gasteiger partial charge in [0.05, 0.1) is 6.10 Å². The standard InChI is InChI=1S/C6H15O4P/c1-4-5(2)6(3)10-11(7,8)9/h5-6H,4H2,1-3H3,(H2,7,8,9). The third-order valence-corrected chi connectivity index (χ3v) is 2.36. The predicted molar refractivity (Wildman–Crippen MR) is 42.0 cm³/mol. The van der Waals surface area contributed by atoms with E-state index in [0.717, 1.165) is 6.42 Å². The van der Waals surface area contributed by atoms with Gasteiger partial charge >= 0.3 is 7.82 Å². The van der Waals surface area contributed by atoms with Gasteiger partial charge in [-0.25, -0.2) is 4.57 Å². The number of hydrogen-bond acceptors (Lipinski definition) is 2. The normalized spacial score (nSPS) is 17.9. The number of hydrogen-bond donors (Lipinski definition) is 2. The highest BCUT2D eigenvalue weighted by Crippen LogP contribution is 2.39. The van der Waals surface area contributed by atoms with Crippen LogP contribution in [0.3, 0.4) is 0 Å². The van der Waals surface area contributed by atoms with Gasteiger partial charge in [-0.2, -0.15) is 0 Å². The molecule has 0 aliphatic carbocycles. The Labute approximate surface area is 66.8 Å². The molecular formula is C6H15O4P. The van der Waals surface area contributed by atoms with Crippen molar-refractivity contribution < 1.29 is 18.9 Å². The van der Waals surface area contributed by atoms with Gasteiger partial charge in [0.15, 0.2) is 0 Å². The maximum Gasteiger partial charge on any atom is 0.469 e. The molecule has 2 atom stereocenters. The highest BCUT2D eigenvalue weighted by atomic mass is 31.2. The zero-order valence-electron chi connectivity index (χ0n) is 7.02. The van der Waals surface area contributed by atoms with Crippen LogP contribution in [0.2, 0.25) is 0 Å². The van der Waals surface area contributed by atoms with E-state index in [1.165, 1.54) is 0 Å². The molecule has 2 N–H and O–H groups in total. The molecule has 0 aliphatic heterocycles. The highest BCUT2D eigenvalue weighted by Gasteiger charge is 2.21. The van der Waals surface area contributed by atoms with E-state index in [0.29, 0.717) is 0 Å². The van der Waals surface area contributed by atoms with Crippen molar-refractivity contribution in [2.24, 2.45) is 5.92 Å². The maximum atomic E-state index is 10.3. The summed E-state index contributed by atoms with van der Waals surface area (Å²) < 4.78 is 14.8. The minimum Gasteiger partial charge on any atom is -0.303 e. The molecular weight excluding hydrogens is 167 g/mol. The molecule has 0 aliphatic rings. The molecule has 0 saturated carbocycles. The van der Waals surface area contributed by atoms with Crippen LogP contribution >= 0.6 is 7.82 Å². The molecule has 5 heteroatoms. The second-order valence-electron chi connectivity index (χ2n) is 2.69. The molecule has 11 heavy (non-hydrogen) atoms. The van der Waals surface area contributed by atoms with Crippen molar-refractivity contribution in [2.75, 3.05) is 0 Å². The third-order valence-electron chi connectivity index (χ3n) is 1.75. The zero-order valence-corrected chi connectivity index (χ0v) is 7.91. The van der Waals surface area contributed by atoms with E-state index in [9.17, 15) is 4.57 Å². The molecule has 0 amide bonds. The Bertz CT molecular complexity index is 153. The maximum absolute atomic E-state index is 10.3. The van der Waals surface area contributed by atoms with Gasteiger partial charge in [-0.3, -0.25) is 4.52 Å². The second-order valence-corrected chi connectivity index (χ2v) is 3.88. The van der Waals surface area contributed by atoms with E-state index >= 15 is 0 Å². The van der Waals surface area contributed by atoms with Crippen molar-refractivity contribution in [1.29, 1.82) is 0 Å². The monoisotopic (exact) mass is 182 g/mol. The van der Waals surface area contributed by atoms with Crippen molar-refractivity contribution in [3.63, 3.8) is 0 Å². The van der Waals surface area contributed by atoms with Gasteiger partial charge in [0, 0.05) is 0 Å². The number of phosphoric acid groups is 1. The lowest BCUT2D eigenvalue weighted by atomic mass is 10.0. The van der Waals surface area contributed by atoms with Crippen LogP contribution in [-0.4, -0.2) is 15.9 Å². The SMILES string of the molecule is CCC(C)C(C)OP(=O)(O)O. The lowest BCUT2D eigenvalue weighted by molar-refractivity contribution is 0.106. The average Bonchev–Trinajstić information content (AvgIpc) is 1.82. The summed E-state index contributed by atoms with van der Waals surface area (Å²) in [7, 11) is -4.29. The minimum atomic E-state index is -4.29. The van der Waals surface area contributed by atoms with Crippen LogP contribution in [0.5, 0.6) is 0 Å². The average molecular weight is 182 g/mol. The van der Waals surface area contributed by atoms with Gasteiger partial charge in [-0.1, -0.05) is 20.3 Å². The van der Waals surface area contributed by atoms with Crippen LogP contribution in [0.15, 0.2) is 0 Å². The molecule has 4 nitrogen and oxygen atoms in total. The first-order valence-corrected chi connectivity index (χ1v) is 5.13. The fourth-order valence-electron chi connectivity index (χ4n) is 0.652. The molecule has 0 bridgehead atoms. The lowest BCUT2D eigenvalue weighted by Crippen LogP contribution is -2.15. The summed E-state index contributed by atoms with van der Waals surface area (Å²) in [6, 6.07) is 0. The van der Waals surface area contributed by atoms with Crippen molar-refractivity contribution >= 4 is 7.82 Å². The largest absolute Gasteiger partial charge is 0.469 e. The van der Waals surface area contributed by atoms with E-state index in [1.54, 1.807) is 6.92 Å². The summed E-state index contributed by atoms with van der Waals surface area (Å²) in [4.78, 5) is 16.8. The number of rotatable bonds is 4. The van der Waals surface area contributed by atoms with Crippen LogP contribution in [0, 0.1) is 5.92 Å². The van der Waals surface area contributed by atoms with Crippen molar-refractivity contribution in [3.05, 3.63) is 0 Å². The van der Waals surface area contributed by atoms with Crippen molar-refractivity contribution in [2.45, 2.75) is 33.3 Å². The summed E-state index contributed by atoms with van der Waals surface area (Å²) in [5.41, 5.74) is 0. The van der Waals surface area contributed by atoms with Gasteiger partial charge in [0.25, 0.3) is 0 Å². The summed E-state index contributed by atoms with van der Waals surface area (Å²) in [6.07, 6.45) is 0.460. The van der Waals surface area contributed by atoms with Crippen LogP contribution in [0.4, 0.5) is 0 Å². The summed E-state index contributed by atoms with van der Waals surface area (Å²) in [6.45, 7) is 5.50. The van der Waals surface area contributed by atoms with Crippen molar-refractivity contribution in [3.8, 4) is 0 Å². The second kappa shape index (κ2) is 4.21. The van der Waals surface area contributed by atoms with E-state index < -0.39 is 7.82 Å². The molecule has 0 aromatic heterocycles. The molecule has 0 aromatic rings. The number of phosphoric ester groups is 1. The molecule has 0 radical (unpaired) electrons. The Kier molecular flexibility index (Phi) is 4.26. The van der Waals surface area contributed by atoms with E-state index in [2.05, 4.69) is 4.52 Å². The fraction of sp³-hybridized carbons (Fsp3) is 1.00. The molecule has 0 saturated heterocycles. The van der Waals surface area contributed by atoms with Crippen molar-refractivity contribution in [1.82, 2.24) is 0 Å². The molecule has 0 aromatic carbocycles. The van der Waals surface area contributed by atoms with Crippen LogP contribution < -0.4 is 0 Å². The van der Waals surface area contributed by atoms with Gasteiger partial charge < -0.3 is 9.79 Å². The Morgan fingerprint density at radius 3 is 2.18 bits per heavy atom. The first-order valence-electron chi connectivity index (χ1n) is 3.60. The van der Waals surface area contributed by atoms with Crippen LogP contribution in [0.1, 0.15) is 27.2 Å². The Morgan fingerprint density at radius 2 is 1.91 bits per heavy atom. The quantitative estimate of drug-likeness (QED) is 0.647. The van der Waals surface area contributed by atoms with Crippen LogP contribution in [-0.2, 0) is 9.09 Å². The smallest absolute Gasteiger partial charge is 0.303 e. The van der Waals surface area contributed by atoms with Gasteiger partial charge in [-0.05, 0) is 12.8 Å². The summed E-state index contributed by atoms with van der Waals surface area (Å²) in [5, 5.41) is 0. The van der Waals surface area contributed by atoms with Gasteiger partial charge in [0.1, 0.15) is 0 Å². The highest BCUT2D eigenvalue weighted by molar-refractivity contribution is 7.46. The minimum absolute atomic E-state index is 0.169. The Balaban J connectivity index is 3.87. The lowest BCUT2D eigenvalue weighted by Gasteiger charge is -2.18. The summed E-state index contributed by atoms with van der Waals surface area (Å²) in [5.74, 6) is 0.169. The molecule has 0 fully saturated rings. The molecule has 0 spiro atoms. The molecule has 2 unspecified atom stereocenters. The van der Waals surface area contributed by atoms with E-state index in [4.69, 9.17) is 9.79 Å². The van der Waals surface area contributed by atoms with E-state index in [-0.39, 0.29) is 12.0 Å². The Morgan fingerprint density at radius 1 is 1.45 bits per heavy atom. The Hall–Kier alpha value is 0.110. The predicted octanol–water partition coefficient (Wildman–Crippen LogP) is 1.53. The van der Waals surface area contributed by atoms with E-state index in [1.807, 2.05) is 13.8 Å². The third kappa shape index (κ3) is 5.39. The fourth-order valence-corrected chi connectivity index (χ4v) is 1.29. The topological polar surface area (TPSA) is 66.8 Å². The summed E-state index contributed by atoms with van der Waals surface area (Å²) >= 11 is 0. The van der Waals surface area contributed by atoms with Crippen LogP contribution in [0.25, 0.3) is 0 Å². The first-order chi connectivity index (χ1) is 4.87. The zero-order chi connectivity index (χ0) is 9.07. The molecule has 0 heterocycles. The molecule has 68 valence electrons. The first kappa shape index (κ1) is 11.1. The van der Waals surface area contributed by atoms with Gasteiger partial charge in [-0.15, -0.1) is 0 Å². The van der Waals surface area contributed by atoms with Gasteiger partial charge in [0.2, 0.25) is 0 Å². The molecule has 0 rings (SSSR count).